The number of benzene rings is 1. The summed E-state index contributed by atoms with van der Waals surface area (Å²) in [5.74, 6) is -1.83. The summed E-state index contributed by atoms with van der Waals surface area (Å²) in [5.41, 5.74) is 1.05. The number of carbonyl (C=O) groups is 1. The average Bonchev–Trinajstić information content (AvgIpc) is 2.92. The molecule has 3 aromatic rings. The van der Waals surface area contributed by atoms with Crippen LogP contribution in [0.2, 0.25) is 5.02 Å². The van der Waals surface area contributed by atoms with Crippen molar-refractivity contribution in [3.8, 4) is 6.07 Å². The van der Waals surface area contributed by atoms with Gasteiger partial charge in [0.2, 0.25) is 20.8 Å². The number of nitriles is 1. The fraction of sp³-hybridized carbons (Fsp3) is 0.188. The third kappa shape index (κ3) is 3.05. The summed E-state index contributed by atoms with van der Waals surface area (Å²) in [4.78, 5) is 24.6. The van der Waals surface area contributed by atoms with Crippen LogP contribution < -0.4 is 0 Å². The molecule has 0 saturated carbocycles. The predicted molar refractivity (Wildman–Crippen MR) is 93.6 cm³/mol. The van der Waals surface area contributed by atoms with Crippen LogP contribution >= 0.6 is 11.6 Å². The number of imidazole rings is 1. The van der Waals surface area contributed by atoms with Crippen LogP contribution in [-0.4, -0.2) is 40.0 Å². The lowest BCUT2D eigenvalue weighted by molar-refractivity contribution is 0.0969. The first-order valence-corrected chi connectivity index (χ1v) is 9.58. The molecule has 26 heavy (non-hydrogen) atoms. The fourth-order valence-corrected chi connectivity index (χ4v) is 3.18. The molecule has 2 aromatic heterocycles. The van der Waals surface area contributed by atoms with E-state index in [0.717, 1.165) is 18.0 Å². The van der Waals surface area contributed by atoms with Gasteiger partial charge in [0.1, 0.15) is 11.5 Å². The molecule has 0 aliphatic rings. The number of sulfone groups is 1. The molecule has 0 saturated heterocycles. The molecule has 8 nitrogen and oxygen atoms in total. The van der Waals surface area contributed by atoms with Gasteiger partial charge in [0, 0.05) is 13.3 Å². The normalized spacial score (nSPS) is 12.7. The molecule has 0 unspecified atom stereocenters. The van der Waals surface area contributed by atoms with E-state index in [2.05, 4.69) is 15.0 Å². The van der Waals surface area contributed by atoms with Crippen molar-refractivity contribution in [2.45, 2.75) is 11.1 Å². The molecule has 0 amide bonds. The van der Waals surface area contributed by atoms with Gasteiger partial charge >= 0.3 is 0 Å². The Morgan fingerprint density at radius 2 is 2.00 bits per heavy atom. The van der Waals surface area contributed by atoms with Crippen molar-refractivity contribution in [3.05, 3.63) is 47.0 Å². The van der Waals surface area contributed by atoms with Crippen LogP contribution in [0.1, 0.15) is 22.2 Å². The highest BCUT2D eigenvalue weighted by atomic mass is 35.5. The quantitative estimate of drug-likeness (QED) is 0.493. The molecule has 2 heterocycles. The first kappa shape index (κ1) is 18.0. The van der Waals surface area contributed by atoms with E-state index in [9.17, 15) is 18.5 Å². The first-order valence-electron chi connectivity index (χ1n) is 7.32. The maximum Gasteiger partial charge on any atom is 0.247 e. The Kier molecular flexibility index (Phi) is 4.48. The summed E-state index contributed by atoms with van der Waals surface area (Å²) in [6, 6.07) is 9.08. The zero-order valence-corrected chi connectivity index (χ0v) is 15.3. The van der Waals surface area contributed by atoms with Crippen LogP contribution in [0.5, 0.6) is 0 Å². The minimum atomic E-state index is -3.74. The van der Waals surface area contributed by atoms with Crippen LogP contribution in [0, 0.1) is 11.3 Å². The van der Waals surface area contributed by atoms with Crippen molar-refractivity contribution in [3.63, 3.8) is 0 Å². The molecule has 132 valence electrons. The van der Waals surface area contributed by atoms with E-state index < -0.39 is 26.7 Å². The van der Waals surface area contributed by atoms with Crippen LogP contribution in [0.25, 0.3) is 11.0 Å². The smallest absolute Gasteiger partial charge is 0.247 e. The van der Waals surface area contributed by atoms with Gasteiger partial charge in [0.05, 0.1) is 28.3 Å². The first-order chi connectivity index (χ1) is 12.2. The highest BCUT2D eigenvalue weighted by Gasteiger charge is 2.30. The molecule has 10 heteroatoms. The molecule has 1 aromatic carbocycles. The summed E-state index contributed by atoms with van der Waals surface area (Å²) in [6.45, 7) is 0. The molecule has 0 aliphatic heterocycles. The largest absolute Gasteiger partial charge is 0.330 e. The Labute approximate surface area is 154 Å². The summed E-state index contributed by atoms with van der Waals surface area (Å²) in [5, 5.41) is 8.88. The lowest BCUT2D eigenvalue weighted by Crippen LogP contribution is -2.19. The predicted octanol–water partition coefficient (Wildman–Crippen LogP) is 1.91. The Morgan fingerprint density at radius 1 is 1.31 bits per heavy atom. The van der Waals surface area contributed by atoms with Crippen molar-refractivity contribution in [1.82, 2.24) is 19.5 Å². The minimum absolute atomic E-state index is 0.138. The van der Waals surface area contributed by atoms with E-state index in [1.807, 2.05) is 18.2 Å². The number of Topliss-reactive ketones (excluding diaryl/α,β-unsaturated/α-hetero) is 1. The number of para-hydroxylation sites is 2. The van der Waals surface area contributed by atoms with Gasteiger partial charge in [-0.3, -0.25) is 4.79 Å². The summed E-state index contributed by atoms with van der Waals surface area (Å²) in [7, 11) is -2.05. The van der Waals surface area contributed by atoms with Gasteiger partial charge in [0.15, 0.2) is 5.92 Å². The number of aromatic nitrogens is 4. The summed E-state index contributed by atoms with van der Waals surface area (Å²) < 4.78 is 24.9. The molecule has 0 N–H and O–H groups in total. The topological polar surface area (TPSA) is 119 Å². The van der Waals surface area contributed by atoms with Crippen LogP contribution in [0.3, 0.4) is 0 Å². The number of fused-ring (bicyclic) bond motifs is 1. The second-order valence-electron chi connectivity index (χ2n) is 5.57. The number of hydrogen-bond donors (Lipinski definition) is 0. The molecular weight excluding hydrogens is 378 g/mol. The lowest BCUT2D eigenvalue weighted by atomic mass is 10.0. The number of carbonyl (C=O) groups excluding carboxylic acids is 1. The van der Waals surface area contributed by atoms with Crippen molar-refractivity contribution in [1.29, 1.82) is 5.26 Å². The molecule has 0 fully saturated rings. The van der Waals surface area contributed by atoms with Crippen LogP contribution in [0.15, 0.2) is 35.6 Å². The van der Waals surface area contributed by atoms with Gasteiger partial charge in [-0.05, 0) is 12.1 Å². The van der Waals surface area contributed by atoms with Crippen molar-refractivity contribution < 1.29 is 13.2 Å². The van der Waals surface area contributed by atoms with Gasteiger partial charge in [-0.1, -0.05) is 23.7 Å². The van der Waals surface area contributed by atoms with E-state index in [-0.39, 0.29) is 16.5 Å². The molecule has 0 radical (unpaired) electrons. The second-order valence-corrected chi connectivity index (χ2v) is 7.88. The summed E-state index contributed by atoms with van der Waals surface area (Å²) in [6.07, 6.45) is 1.94. The van der Waals surface area contributed by atoms with Crippen LogP contribution in [0.4, 0.5) is 0 Å². The molecule has 0 aliphatic carbocycles. The lowest BCUT2D eigenvalue weighted by Gasteiger charge is -2.10. The fourth-order valence-electron chi connectivity index (χ4n) is 2.50. The highest BCUT2D eigenvalue weighted by molar-refractivity contribution is 7.90. The minimum Gasteiger partial charge on any atom is -0.330 e. The van der Waals surface area contributed by atoms with Crippen molar-refractivity contribution >= 4 is 38.3 Å². The number of rotatable bonds is 4. The molecule has 0 bridgehead atoms. The SMILES string of the molecule is Cn1c([C@H](C#N)C(=O)c2nc(S(C)(=O)=O)ncc2Cl)nc2ccccc21. The van der Waals surface area contributed by atoms with Gasteiger partial charge in [0.25, 0.3) is 0 Å². The van der Waals surface area contributed by atoms with E-state index in [0.29, 0.717) is 5.52 Å². The second kappa shape index (κ2) is 6.48. The Morgan fingerprint density at radius 3 is 2.62 bits per heavy atom. The third-order valence-corrected chi connectivity index (χ3v) is 4.89. The number of ketones is 1. The van der Waals surface area contributed by atoms with E-state index >= 15 is 0 Å². The number of halogens is 1. The highest BCUT2D eigenvalue weighted by Crippen LogP contribution is 2.26. The maximum atomic E-state index is 12.9. The van der Waals surface area contributed by atoms with E-state index in [1.54, 1.807) is 23.7 Å². The zero-order chi connectivity index (χ0) is 19.1. The number of nitrogens with zero attached hydrogens (tertiary/aromatic N) is 5. The molecule has 1 atom stereocenters. The van der Waals surface area contributed by atoms with Crippen LogP contribution in [-0.2, 0) is 16.9 Å². The van der Waals surface area contributed by atoms with Gasteiger partial charge in [-0.15, -0.1) is 0 Å². The molecule has 0 spiro atoms. The zero-order valence-electron chi connectivity index (χ0n) is 13.7. The van der Waals surface area contributed by atoms with E-state index in [4.69, 9.17) is 11.6 Å². The monoisotopic (exact) mass is 389 g/mol. The number of hydrogen-bond acceptors (Lipinski definition) is 7. The van der Waals surface area contributed by atoms with Crippen molar-refractivity contribution in [2.24, 2.45) is 7.05 Å². The average molecular weight is 390 g/mol. The maximum absolute atomic E-state index is 12.9. The van der Waals surface area contributed by atoms with Gasteiger partial charge < -0.3 is 4.57 Å². The Hall–Kier alpha value is -2.83. The van der Waals surface area contributed by atoms with E-state index in [1.165, 1.54) is 0 Å². The summed E-state index contributed by atoms with van der Waals surface area (Å²) >= 11 is 5.97. The van der Waals surface area contributed by atoms with Crippen molar-refractivity contribution in [2.75, 3.05) is 6.26 Å². The third-order valence-electron chi connectivity index (χ3n) is 3.76. The van der Waals surface area contributed by atoms with Gasteiger partial charge in [-0.2, -0.15) is 5.26 Å². The number of aryl methyl sites for hydroxylation is 1. The Bertz CT molecular complexity index is 1180. The van der Waals surface area contributed by atoms with Gasteiger partial charge in [-0.25, -0.2) is 23.4 Å². The Balaban J connectivity index is 2.13. The molecule has 3 rings (SSSR count). The molecular formula is C16H12ClN5O3S. The standard InChI is InChI=1S/C16H12ClN5O3S/c1-22-12-6-4-3-5-11(12)20-15(22)9(7-18)14(23)13-10(17)8-19-16(21-13)26(2,24)25/h3-6,8-9H,1-2H3/t9-/m1/s1.